The molecule has 10 nitrogen and oxygen atoms in total. The molecule has 0 spiro atoms. The second kappa shape index (κ2) is 11.9. The van der Waals surface area contributed by atoms with Crippen LogP contribution in [0.2, 0.25) is 0 Å². The summed E-state index contributed by atoms with van der Waals surface area (Å²) >= 11 is 0. The average Bonchev–Trinajstić information content (AvgIpc) is 3.87. The smallest absolute Gasteiger partial charge is 0.305 e. The molecular formula is C34H30N6O4. The van der Waals surface area contributed by atoms with Crippen LogP contribution < -0.4 is 5.32 Å². The molecule has 5 aliphatic heterocycles. The van der Waals surface area contributed by atoms with E-state index < -0.39 is 0 Å². The second-order valence-corrected chi connectivity index (χ2v) is 10.4. The van der Waals surface area contributed by atoms with Crippen LogP contribution >= 0.6 is 0 Å². The summed E-state index contributed by atoms with van der Waals surface area (Å²) in [5.41, 5.74) is 8.60. The Morgan fingerprint density at radius 3 is 2.09 bits per heavy atom. The SMILES string of the molecule is C#CC1=C2C=CC(=N2)C(CCC(=O)OC)=C2C=CC(=N2)C(=C2NC=CN2C)c2ccc([nH]2)C(CCC(=O)OC)=C2C=CC1=N2. The number of aromatic amines is 1. The topological polar surface area (TPSA) is 121 Å². The van der Waals surface area contributed by atoms with Crippen molar-refractivity contribution in [3.63, 3.8) is 0 Å². The number of hydrogen-bond donors (Lipinski definition) is 2. The summed E-state index contributed by atoms with van der Waals surface area (Å²) in [6.45, 7) is 0. The first-order valence-corrected chi connectivity index (χ1v) is 14.1. The number of nitrogens with zero attached hydrogens (tertiary/aromatic N) is 4. The standard InChI is InChI=1S/C34H30N6O4/c1-5-20-23-8-10-25(36-23)21(6-16-31(41)43-3)27-12-14-29(38-27)33(34-35-18-19-40(34)2)30-15-13-28(39-30)22(7-17-32(42)44-4)26-11-9-24(20)37-26/h1,8-15,18-19,35,38H,6-7,16-17H2,2-4H3. The normalized spacial score (nSPS) is 19.9. The minimum absolute atomic E-state index is 0.169. The maximum absolute atomic E-state index is 12.2. The van der Waals surface area contributed by atoms with Crippen LogP contribution in [0.5, 0.6) is 0 Å². The average molecular weight is 587 g/mol. The molecule has 220 valence electrons. The minimum atomic E-state index is -0.323. The van der Waals surface area contributed by atoms with Gasteiger partial charge in [-0.15, -0.1) is 6.42 Å². The summed E-state index contributed by atoms with van der Waals surface area (Å²) in [6.07, 6.45) is 22.3. The fourth-order valence-electron chi connectivity index (χ4n) is 5.49. The van der Waals surface area contributed by atoms with Crippen LogP contribution in [-0.2, 0) is 19.1 Å². The fraction of sp³-hybridized carbons (Fsp3) is 0.206. The second-order valence-electron chi connectivity index (χ2n) is 10.4. The van der Waals surface area contributed by atoms with Crippen molar-refractivity contribution < 1.29 is 19.1 Å². The molecule has 0 saturated heterocycles. The summed E-state index contributed by atoms with van der Waals surface area (Å²) in [4.78, 5) is 44.7. The van der Waals surface area contributed by atoms with Crippen LogP contribution in [0.4, 0.5) is 0 Å². The zero-order chi connectivity index (χ0) is 30.8. The number of nitrogens with one attached hydrogen (secondary N) is 2. The number of hydrogen-bond acceptors (Lipinski definition) is 9. The molecule has 0 aliphatic carbocycles. The van der Waals surface area contributed by atoms with E-state index in [0.29, 0.717) is 46.9 Å². The van der Waals surface area contributed by atoms with Gasteiger partial charge in [0.25, 0.3) is 0 Å². The van der Waals surface area contributed by atoms with Crippen molar-refractivity contribution in [3.8, 4) is 12.3 Å². The number of esters is 2. The zero-order valence-corrected chi connectivity index (χ0v) is 24.6. The van der Waals surface area contributed by atoms with Crippen molar-refractivity contribution in [2.45, 2.75) is 25.7 Å². The Kier molecular flexibility index (Phi) is 7.69. The van der Waals surface area contributed by atoms with Gasteiger partial charge in [0.15, 0.2) is 0 Å². The van der Waals surface area contributed by atoms with Gasteiger partial charge in [-0.2, -0.15) is 0 Å². The van der Waals surface area contributed by atoms with Crippen LogP contribution in [0, 0.1) is 12.3 Å². The van der Waals surface area contributed by atoms with Gasteiger partial charge >= 0.3 is 11.9 Å². The Morgan fingerprint density at radius 1 is 0.818 bits per heavy atom. The Hall–Kier alpha value is -5.69. The summed E-state index contributed by atoms with van der Waals surface area (Å²) in [7, 11) is 4.71. The number of fused-ring (bicyclic) bond motifs is 5. The minimum Gasteiger partial charge on any atom is -0.469 e. The number of terminal acetylenes is 1. The molecule has 6 rings (SSSR count). The van der Waals surface area contributed by atoms with Gasteiger partial charge in [-0.25, -0.2) is 15.0 Å². The van der Waals surface area contributed by atoms with E-state index in [0.717, 1.165) is 39.6 Å². The Labute approximate surface area is 255 Å². The van der Waals surface area contributed by atoms with Crippen molar-refractivity contribution in [1.82, 2.24) is 15.2 Å². The molecule has 0 saturated carbocycles. The molecule has 1 aromatic heterocycles. The summed E-state index contributed by atoms with van der Waals surface area (Å²) in [5.74, 6) is 2.97. The van der Waals surface area contributed by atoms with Crippen molar-refractivity contribution in [3.05, 3.63) is 106 Å². The first-order valence-electron chi connectivity index (χ1n) is 14.1. The summed E-state index contributed by atoms with van der Waals surface area (Å²) < 4.78 is 9.85. The van der Waals surface area contributed by atoms with Crippen LogP contribution in [-0.4, -0.2) is 60.2 Å². The monoisotopic (exact) mass is 586 g/mol. The van der Waals surface area contributed by atoms with Gasteiger partial charge < -0.3 is 24.7 Å². The zero-order valence-electron chi connectivity index (χ0n) is 24.6. The third-order valence-corrected chi connectivity index (χ3v) is 7.76. The Morgan fingerprint density at radius 2 is 1.41 bits per heavy atom. The molecule has 5 aliphatic rings. The summed E-state index contributed by atoms with van der Waals surface area (Å²) in [5, 5.41) is 3.34. The first kappa shape index (κ1) is 28.4. The number of carbonyl (C=O) groups excluding carboxylic acids is 2. The molecule has 1 aromatic rings. The van der Waals surface area contributed by atoms with E-state index in [4.69, 9.17) is 30.9 Å². The molecular weight excluding hydrogens is 556 g/mol. The van der Waals surface area contributed by atoms with Gasteiger partial charge in [0.05, 0.1) is 65.3 Å². The number of carbonyl (C=O) groups is 2. The summed E-state index contributed by atoms with van der Waals surface area (Å²) in [6, 6.07) is 3.97. The molecule has 2 N–H and O–H groups in total. The molecule has 0 unspecified atom stereocenters. The molecule has 10 heteroatoms. The number of aliphatic imine (C=N–C) groups is 3. The van der Waals surface area contributed by atoms with Gasteiger partial charge in [0, 0.05) is 49.1 Å². The highest BCUT2D eigenvalue weighted by atomic mass is 16.5. The molecule has 0 fully saturated rings. The van der Waals surface area contributed by atoms with E-state index in [2.05, 4.69) is 16.2 Å². The third-order valence-electron chi connectivity index (χ3n) is 7.76. The van der Waals surface area contributed by atoms with E-state index >= 15 is 0 Å². The molecule has 0 aromatic carbocycles. The van der Waals surface area contributed by atoms with Gasteiger partial charge in [-0.1, -0.05) is 5.92 Å². The van der Waals surface area contributed by atoms with E-state index in [-0.39, 0.29) is 24.8 Å². The van der Waals surface area contributed by atoms with Crippen LogP contribution in [0.25, 0.3) is 11.1 Å². The highest BCUT2D eigenvalue weighted by molar-refractivity contribution is 6.31. The highest BCUT2D eigenvalue weighted by Crippen LogP contribution is 2.35. The number of ether oxygens (including phenoxy) is 2. The first-order chi connectivity index (χ1) is 21.4. The van der Waals surface area contributed by atoms with Crippen molar-refractivity contribution in [2.24, 2.45) is 15.0 Å². The largest absolute Gasteiger partial charge is 0.469 e. The van der Waals surface area contributed by atoms with Gasteiger partial charge in [0.2, 0.25) is 0 Å². The molecule has 0 atom stereocenters. The third kappa shape index (κ3) is 5.31. The molecule has 6 heterocycles. The Bertz CT molecular complexity index is 1860. The maximum Gasteiger partial charge on any atom is 0.305 e. The van der Waals surface area contributed by atoms with Crippen LogP contribution in [0.15, 0.2) is 110 Å². The molecule has 8 bridgehead atoms. The van der Waals surface area contributed by atoms with Crippen molar-refractivity contribution in [1.29, 1.82) is 0 Å². The van der Waals surface area contributed by atoms with Crippen LogP contribution in [0.3, 0.4) is 0 Å². The lowest BCUT2D eigenvalue weighted by atomic mass is 10.0. The number of H-pyrrole nitrogens is 1. The van der Waals surface area contributed by atoms with Gasteiger partial charge in [0.1, 0.15) is 5.82 Å². The lowest BCUT2D eigenvalue weighted by Crippen LogP contribution is -2.19. The lowest BCUT2D eigenvalue weighted by molar-refractivity contribution is -0.141. The number of methoxy groups -OCH3 is 2. The van der Waals surface area contributed by atoms with Crippen LogP contribution in [0.1, 0.15) is 37.1 Å². The predicted molar refractivity (Wildman–Crippen MR) is 170 cm³/mol. The highest BCUT2D eigenvalue weighted by Gasteiger charge is 2.27. The Balaban J connectivity index is 1.59. The number of allylic oxidation sites excluding steroid dienone is 10. The van der Waals surface area contributed by atoms with E-state index in [1.807, 2.05) is 72.9 Å². The molecule has 0 amide bonds. The van der Waals surface area contributed by atoms with E-state index in [1.165, 1.54) is 14.2 Å². The molecule has 44 heavy (non-hydrogen) atoms. The molecule has 0 radical (unpaired) electrons. The number of aromatic nitrogens is 1. The quantitative estimate of drug-likeness (QED) is 0.374. The lowest BCUT2D eigenvalue weighted by Gasteiger charge is -2.17. The van der Waals surface area contributed by atoms with Gasteiger partial charge in [-0.3, -0.25) is 9.59 Å². The fourth-order valence-corrected chi connectivity index (χ4v) is 5.49. The van der Waals surface area contributed by atoms with Crippen molar-refractivity contribution in [2.75, 3.05) is 21.3 Å². The number of rotatable bonds is 6. The predicted octanol–water partition coefficient (Wildman–Crippen LogP) is 4.49. The van der Waals surface area contributed by atoms with Crippen molar-refractivity contribution >= 4 is 40.2 Å². The van der Waals surface area contributed by atoms with Gasteiger partial charge in [-0.05, 0) is 61.4 Å². The maximum atomic E-state index is 12.2. The van der Waals surface area contributed by atoms with E-state index in [9.17, 15) is 9.59 Å². The van der Waals surface area contributed by atoms with E-state index in [1.54, 1.807) is 0 Å².